The smallest absolute Gasteiger partial charge is 0.153 e. The van der Waals surface area contributed by atoms with Crippen LogP contribution in [0, 0.1) is 0 Å². The molecule has 1 aromatic carbocycles. The normalized spacial score (nSPS) is 14.6. The number of aromatic nitrogens is 3. The predicted octanol–water partition coefficient (Wildman–Crippen LogP) is 2.38. The summed E-state index contributed by atoms with van der Waals surface area (Å²) in [4.78, 5) is 0. The SMILES string of the molecule is CC(c1ccccc1)C(N)c1c(Br)nnn1C. The van der Waals surface area contributed by atoms with Crippen molar-refractivity contribution in [2.75, 3.05) is 0 Å². The molecular formula is C12H15BrN4. The third-order valence-electron chi connectivity index (χ3n) is 3.01. The number of hydrogen-bond acceptors (Lipinski definition) is 3. The molecule has 0 radical (unpaired) electrons. The summed E-state index contributed by atoms with van der Waals surface area (Å²) in [6, 6.07) is 10.1. The van der Waals surface area contributed by atoms with E-state index in [-0.39, 0.29) is 12.0 Å². The summed E-state index contributed by atoms with van der Waals surface area (Å²) >= 11 is 3.38. The van der Waals surface area contributed by atoms with Crippen molar-refractivity contribution in [3.8, 4) is 0 Å². The quantitative estimate of drug-likeness (QED) is 0.946. The van der Waals surface area contributed by atoms with Crippen LogP contribution in [-0.4, -0.2) is 15.0 Å². The Balaban J connectivity index is 2.30. The van der Waals surface area contributed by atoms with E-state index in [1.807, 2.05) is 25.2 Å². The summed E-state index contributed by atoms with van der Waals surface area (Å²) < 4.78 is 2.43. The highest BCUT2D eigenvalue weighted by Gasteiger charge is 2.23. The Hall–Kier alpha value is -1.20. The van der Waals surface area contributed by atoms with E-state index in [1.165, 1.54) is 5.56 Å². The Morgan fingerprint density at radius 1 is 1.29 bits per heavy atom. The topological polar surface area (TPSA) is 56.7 Å². The van der Waals surface area contributed by atoms with Gasteiger partial charge in [-0.2, -0.15) is 0 Å². The van der Waals surface area contributed by atoms with Crippen LogP contribution in [0.25, 0.3) is 0 Å². The number of nitrogens with zero attached hydrogens (tertiary/aromatic N) is 3. The van der Waals surface area contributed by atoms with Gasteiger partial charge in [-0.05, 0) is 21.5 Å². The highest BCUT2D eigenvalue weighted by Crippen LogP contribution is 2.30. The molecule has 2 N–H and O–H groups in total. The fourth-order valence-electron chi connectivity index (χ4n) is 1.89. The molecule has 2 rings (SSSR count). The second kappa shape index (κ2) is 4.98. The molecule has 4 nitrogen and oxygen atoms in total. The monoisotopic (exact) mass is 294 g/mol. The van der Waals surface area contributed by atoms with Crippen LogP contribution in [0.4, 0.5) is 0 Å². The van der Waals surface area contributed by atoms with Gasteiger partial charge in [0.05, 0.1) is 11.7 Å². The van der Waals surface area contributed by atoms with E-state index < -0.39 is 0 Å². The van der Waals surface area contributed by atoms with Crippen LogP contribution >= 0.6 is 15.9 Å². The van der Waals surface area contributed by atoms with Gasteiger partial charge in [-0.15, -0.1) is 5.10 Å². The van der Waals surface area contributed by atoms with E-state index in [9.17, 15) is 0 Å². The molecule has 0 aliphatic rings. The second-order valence-corrected chi connectivity index (χ2v) is 4.87. The van der Waals surface area contributed by atoms with E-state index in [0.717, 1.165) is 10.3 Å². The molecule has 5 heteroatoms. The average Bonchev–Trinajstić information content (AvgIpc) is 2.68. The van der Waals surface area contributed by atoms with Crippen molar-refractivity contribution in [2.24, 2.45) is 12.8 Å². The highest BCUT2D eigenvalue weighted by atomic mass is 79.9. The van der Waals surface area contributed by atoms with Gasteiger partial charge < -0.3 is 5.73 Å². The molecular weight excluding hydrogens is 280 g/mol. The lowest BCUT2D eigenvalue weighted by Crippen LogP contribution is -2.21. The molecule has 0 saturated carbocycles. The number of halogens is 1. The molecule has 1 heterocycles. The van der Waals surface area contributed by atoms with Crippen LogP contribution in [0.5, 0.6) is 0 Å². The minimum absolute atomic E-state index is 0.133. The van der Waals surface area contributed by atoms with Gasteiger partial charge in [-0.1, -0.05) is 42.5 Å². The first kappa shape index (κ1) is 12.3. The van der Waals surface area contributed by atoms with E-state index in [1.54, 1.807) is 4.68 Å². The zero-order chi connectivity index (χ0) is 12.4. The maximum atomic E-state index is 6.29. The van der Waals surface area contributed by atoms with Gasteiger partial charge in [0, 0.05) is 13.0 Å². The molecule has 0 fully saturated rings. The molecule has 2 unspecified atom stereocenters. The van der Waals surface area contributed by atoms with Crippen LogP contribution in [0.2, 0.25) is 0 Å². The fourth-order valence-corrected chi connectivity index (χ4v) is 2.49. The van der Waals surface area contributed by atoms with Crippen molar-refractivity contribution < 1.29 is 0 Å². The Bertz CT molecular complexity index is 475. The number of aryl methyl sites for hydroxylation is 1. The van der Waals surface area contributed by atoms with Crippen molar-refractivity contribution in [1.29, 1.82) is 0 Å². The Kier molecular flexibility index (Phi) is 3.59. The van der Waals surface area contributed by atoms with E-state index in [0.29, 0.717) is 0 Å². The van der Waals surface area contributed by atoms with Crippen molar-refractivity contribution in [3.05, 3.63) is 46.2 Å². The van der Waals surface area contributed by atoms with Gasteiger partial charge in [0.25, 0.3) is 0 Å². The van der Waals surface area contributed by atoms with Crippen LogP contribution in [-0.2, 0) is 7.05 Å². The third kappa shape index (κ3) is 2.40. The first-order chi connectivity index (χ1) is 8.11. The lowest BCUT2D eigenvalue weighted by Gasteiger charge is -2.20. The molecule has 0 bridgehead atoms. The molecule has 2 atom stereocenters. The maximum Gasteiger partial charge on any atom is 0.153 e. The number of rotatable bonds is 3. The highest BCUT2D eigenvalue weighted by molar-refractivity contribution is 9.10. The summed E-state index contributed by atoms with van der Waals surface area (Å²) in [6.07, 6.45) is 0. The van der Waals surface area contributed by atoms with Gasteiger partial charge in [0.2, 0.25) is 0 Å². The number of hydrogen-bond donors (Lipinski definition) is 1. The number of benzene rings is 1. The standard InChI is InChI=1S/C12H15BrN4/c1-8(9-6-4-3-5-7-9)10(14)11-12(13)15-16-17(11)2/h3-8,10H,14H2,1-2H3. The van der Waals surface area contributed by atoms with Gasteiger partial charge in [-0.25, -0.2) is 4.68 Å². The van der Waals surface area contributed by atoms with Gasteiger partial charge in [0.1, 0.15) is 0 Å². The zero-order valence-electron chi connectivity index (χ0n) is 9.84. The van der Waals surface area contributed by atoms with Crippen LogP contribution < -0.4 is 5.73 Å². The third-order valence-corrected chi connectivity index (χ3v) is 3.57. The van der Waals surface area contributed by atoms with Crippen molar-refractivity contribution >= 4 is 15.9 Å². The predicted molar refractivity (Wildman–Crippen MR) is 70.5 cm³/mol. The van der Waals surface area contributed by atoms with Crippen molar-refractivity contribution in [1.82, 2.24) is 15.0 Å². The van der Waals surface area contributed by atoms with E-state index in [2.05, 4.69) is 45.3 Å². The largest absolute Gasteiger partial charge is 0.322 e. The minimum Gasteiger partial charge on any atom is -0.322 e. The lowest BCUT2D eigenvalue weighted by atomic mass is 9.92. The Morgan fingerprint density at radius 2 is 1.94 bits per heavy atom. The first-order valence-electron chi connectivity index (χ1n) is 5.47. The van der Waals surface area contributed by atoms with Crippen LogP contribution in [0.3, 0.4) is 0 Å². The maximum absolute atomic E-state index is 6.29. The summed E-state index contributed by atoms with van der Waals surface area (Å²) in [5.74, 6) is 0.213. The van der Waals surface area contributed by atoms with E-state index in [4.69, 9.17) is 5.73 Å². The summed E-state index contributed by atoms with van der Waals surface area (Å²) in [6.45, 7) is 2.11. The zero-order valence-corrected chi connectivity index (χ0v) is 11.4. The van der Waals surface area contributed by atoms with Crippen molar-refractivity contribution in [3.63, 3.8) is 0 Å². The first-order valence-corrected chi connectivity index (χ1v) is 6.26. The molecule has 1 aromatic heterocycles. The molecule has 0 spiro atoms. The van der Waals surface area contributed by atoms with Crippen LogP contribution in [0.1, 0.15) is 30.1 Å². The molecule has 0 saturated heterocycles. The summed E-state index contributed by atoms with van der Waals surface area (Å²) in [7, 11) is 1.85. The Morgan fingerprint density at radius 3 is 2.47 bits per heavy atom. The molecule has 17 heavy (non-hydrogen) atoms. The Labute approximate surface area is 109 Å². The molecule has 0 aliphatic carbocycles. The average molecular weight is 295 g/mol. The molecule has 0 amide bonds. The summed E-state index contributed by atoms with van der Waals surface area (Å²) in [5.41, 5.74) is 8.42. The van der Waals surface area contributed by atoms with Gasteiger partial charge in [-0.3, -0.25) is 0 Å². The molecule has 90 valence electrons. The second-order valence-electron chi connectivity index (χ2n) is 4.11. The van der Waals surface area contributed by atoms with Crippen molar-refractivity contribution in [2.45, 2.75) is 18.9 Å². The van der Waals surface area contributed by atoms with E-state index >= 15 is 0 Å². The minimum atomic E-state index is -0.133. The molecule has 2 aromatic rings. The fraction of sp³-hybridized carbons (Fsp3) is 0.333. The molecule has 0 aliphatic heterocycles. The van der Waals surface area contributed by atoms with Crippen LogP contribution in [0.15, 0.2) is 34.9 Å². The lowest BCUT2D eigenvalue weighted by molar-refractivity contribution is 0.540. The summed E-state index contributed by atoms with van der Waals surface area (Å²) in [5, 5.41) is 7.92. The van der Waals surface area contributed by atoms with Gasteiger partial charge in [0.15, 0.2) is 4.60 Å². The van der Waals surface area contributed by atoms with Gasteiger partial charge >= 0.3 is 0 Å². The number of nitrogens with two attached hydrogens (primary N) is 1.